The molecule has 3 aromatic heterocycles. The Balaban J connectivity index is 1.34. The van der Waals surface area contributed by atoms with E-state index in [-0.39, 0.29) is 18.0 Å². The number of aromatic nitrogens is 5. The molecule has 8 heteroatoms. The smallest absolute Gasteiger partial charge is 0.271 e. The second kappa shape index (κ2) is 8.16. The van der Waals surface area contributed by atoms with Gasteiger partial charge in [-0.1, -0.05) is 0 Å². The van der Waals surface area contributed by atoms with E-state index in [4.69, 9.17) is 0 Å². The zero-order valence-electron chi connectivity index (χ0n) is 15.7. The van der Waals surface area contributed by atoms with Crippen LogP contribution in [0, 0.1) is 0 Å². The number of nitrogens with zero attached hydrogens (tertiary/aromatic N) is 5. The highest BCUT2D eigenvalue weighted by Gasteiger charge is 2.27. The molecule has 8 nitrogen and oxygen atoms in total. The molecule has 1 amide bonds. The highest BCUT2D eigenvalue weighted by atomic mass is 16.2. The van der Waals surface area contributed by atoms with Gasteiger partial charge in [-0.3, -0.25) is 14.5 Å². The van der Waals surface area contributed by atoms with Gasteiger partial charge in [0, 0.05) is 49.0 Å². The van der Waals surface area contributed by atoms with Gasteiger partial charge in [0.2, 0.25) is 5.95 Å². The van der Waals surface area contributed by atoms with Crippen molar-refractivity contribution in [2.45, 2.75) is 44.8 Å². The summed E-state index contributed by atoms with van der Waals surface area (Å²) < 4.78 is 1.75. The first kappa shape index (κ1) is 18.1. The van der Waals surface area contributed by atoms with Crippen molar-refractivity contribution in [1.82, 2.24) is 30.0 Å². The molecular formula is C20H23N7O. The van der Waals surface area contributed by atoms with Gasteiger partial charge in [0.1, 0.15) is 5.69 Å². The average Bonchev–Trinajstić information content (AvgIpc) is 3.38. The molecule has 0 bridgehead atoms. The number of anilines is 1. The van der Waals surface area contributed by atoms with Crippen molar-refractivity contribution in [3.05, 3.63) is 54.7 Å². The minimum absolute atomic E-state index is 0.117. The van der Waals surface area contributed by atoms with Crippen molar-refractivity contribution >= 4 is 11.9 Å². The zero-order valence-corrected chi connectivity index (χ0v) is 15.7. The van der Waals surface area contributed by atoms with E-state index in [9.17, 15) is 4.79 Å². The Morgan fingerprint density at radius 3 is 2.75 bits per heavy atom. The number of hydrogen-bond donors (Lipinski definition) is 2. The quantitative estimate of drug-likeness (QED) is 0.685. The molecule has 0 unspecified atom stereocenters. The first-order valence-corrected chi connectivity index (χ1v) is 9.55. The molecule has 1 fully saturated rings. The van der Waals surface area contributed by atoms with E-state index in [0.717, 1.165) is 37.1 Å². The second-order valence-electron chi connectivity index (χ2n) is 6.88. The summed E-state index contributed by atoms with van der Waals surface area (Å²) in [5.41, 5.74) is 2.32. The number of hydrogen-bond acceptors (Lipinski definition) is 6. The van der Waals surface area contributed by atoms with Gasteiger partial charge in [-0.05, 0) is 50.5 Å². The molecule has 0 aromatic carbocycles. The number of carbonyl (C=O) groups excluding carboxylic acids is 1. The predicted molar refractivity (Wildman–Crippen MR) is 106 cm³/mol. The van der Waals surface area contributed by atoms with Crippen LogP contribution < -0.4 is 10.6 Å². The lowest BCUT2D eigenvalue weighted by Gasteiger charge is -2.14. The highest BCUT2D eigenvalue weighted by Crippen LogP contribution is 2.23. The Hall–Kier alpha value is -3.29. The minimum Gasteiger partial charge on any atom is -0.351 e. The third kappa shape index (κ3) is 4.16. The molecule has 3 aromatic rings. The standard InChI is InChI=1S/C20H23N7O/c1-2-27-12-8-18(26-27)19(28)23-15-3-4-16(13-15)24-20-22-11-7-17(25-20)14-5-9-21-10-6-14/h5-12,15-16H,2-4,13H2,1H3,(H,23,28)(H,22,24,25)/t15-,16-/m0/s1. The average molecular weight is 377 g/mol. The number of aryl methyl sites for hydroxylation is 1. The lowest BCUT2D eigenvalue weighted by molar-refractivity contribution is 0.0932. The number of amides is 1. The monoisotopic (exact) mass is 377 g/mol. The molecule has 0 spiro atoms. The normalized spacial score (nSPS) is 18.8. The number of rotatable bonds is 6. The third-order valence-corrected chi connectivity index (χ3v) is 4.93. The van der Waals surface area contributed by atoms with Gasteiger partial charge in [-0.2, -0.15) is 5.10 Å². The summed E-state index contributed by atoms with van der Waals surface area (Å²) in [6, 6.07) is 7.84. The van der Waals surface area contributed by atoms with Crippen molar-refractivity contribution in [2.24, 2.45) is 0 Å². The first-order valence-electron chi connectivity index (χ1n) is 9.55. The van der Waals surface area contributed by atoms with Gasteiger partial charge in [-0.25, -0.2) is 9.97 Å². The van der Waals surface area contributed by atoms with Crippen LogP contribution in [0.25, 0.3) is 11.3 Å². The van der Waals surface area contributed by atoms with Crippen molar-refractivity contribution in [3.8, 4) is 11.3 Å². The zero-order chi connectivity index (χ0) is 19.3. The molecule has 2 N–H and O–H groups in total. The summed E-state index contributed by atoms with van der Waals surface area (Å²) >= 11 is 0. The number of carbonyl (C=O) groups is 1. The summed E-state index contributed by atoms with van der Waals surface area (Å²) in [6.07, 6.45) is 9.78. The number of nitrogens with one attached hydrogen (secondary N) is 2. The molecule has 1 aliphatic carbocycles. The van der Waals surface area contributed by atoms with Crippen LogP contribution in [0.1, 0.15) is 36.7 Å². The van der Waals surface area contributed by atoms with Gasteiger partial charge in [0.25, 0.3) is 5.91 Å². The Kier molecular flexibility index (Phi) is 5.27. The molecule has 0 aliphatic heterocycles. The third-order valence-electron chi connectivity index (χ3n) is 4.93. The largest absolute Gasteiger partial charge is 0.351 e. The molecule has 28 heavy (non-hydrogen) atoms. The summed E-state index contributed by atoms with van der Waals surface area (Å²) in [7, 11) is 0. The number of pyridine rings is 1. The maximum absolute atomic E-state index is 12.4. The van der Waals surface area contributed by atoms with Crippen LogP contribution in [-0.2, 0) is 6.54 Å². The maximum atomic E-state index is 12.4. The molecular weight excluding hydrogens is 354 g/mol. The van der Waals surface area contributed by atoms with Crippen LogP contribution >= 0.6 is 0 Å². The van der Waals surface area contributed by atoms with Crippen LogP contribution in [0.2, 0.25) is 0 Å². The highest BCUT2D eigenvalue weighted by molar-refractivity contribution is 5.92. The molecule has 2 atom stereocenters. The Bertz CT molecular complexity index is 940. The second-order valence-corrected chi connectivity index (χ2v) is 6.88. The van der Waals surface area contributed by atoms with Crippen LogP contribution in [-0.4, -0.2) is 42.7 Å². The fourth-order valence-electron chi connectivity index (χ4n) is 3.46. The Labute approximate surface area is 163 Å². The van der Waals surface area contributed by atoms with Crippen LogP contribution in [0.5, 0.6) is 0 Å². The van der Waals surface area contributed by atoms with Crippen molar-refractivity contribution in [2.75, 3.05) is 5.32 Å². The summed E-state index contributed by atoms with van der Waals surface area (Å²) in [5.74, 6) is 0.488. The topological polar surface area (TPSA) is 97.6 Å². The van der Waals surface area contributed by atoms with Crippen molar-refractivity contribution in [3.63, 3.8) is 0 Å². The van der Waals surface area contributed by atoms with Gasteiger partial charge in [-0.15, -0.1) is 0 Å². The van der Waals surface area contributed by atoms with E-state index >= 15 is 0 Å². The van der Waals surface area contributed by atoms with E-state index in [1.165, 1.54) is 0 Å². The van der Waals surface area contributed by atoms with Crippen molar-refractivity contribution in [1.29, 1.82) is 0 Å². The van der Waals surface area contributed by atoms with E-state index in [1.807, 2.05) is 31.3 Å². The van der Waals surface area contributed by atoms with Crippen LogP contribution in [0.4, 0.5) is 5.95 Å². The molecule has 1 aliphatic rings. The van der Waals surface area contributed by atoms with Gasteiger partial charge >= 0.3 is 0 Å². The van der Waals surface area contributed by atoms with Gasteiger partial charge in [0.05, 0.1) is 5.69 Å². The Morgan fingerprint density at radius 1 is 1.14 bits per heavy atom. The minimum atomic E-state index is -0.117. The molecule has 1 saturated carbocycles. The van der Waals surface area contributed by atoms with E-state index < -0.39 is 0 Å². The van der Waals surface area contributed by atoms with Gasteiger partial charge < -0.3 is 10.6 Å². The fourth-order valence-corrected chi connectivity index (χ4v) is 3.46. The van der Waals surface area contributed by atoms with E-state index in [0.29, 0.717) is 11.6 Å². The van der Waals surface area contributed by atoms with E-state index in [2.05, 4.69) is 30.7 Å². The molecule has 3 heterocycles. The lowest BCUT2D eigenvalue weighted by atomic mass is 10.2. The van der Waals surface area contributed by atoms with Crippen LogP contribution in [0.3, 0.4) is 0 Å². The lowest BCUT2D eigenvalue weighted by Crippen LogP contribution is -2.34. The Morgan fingerprint density at radius 2 is 1.96 bits per heavy atom. The van der Waals surface area contributed by atoms with Gasteiger partial charge in [0.15, 0.2) is 0 Å². The fraction of sp³-hybridized carbons (Fsp3) is 0.350. The maximum Gasteiger partial charge on any atom is 0.271 e. The SMILES string of the molecule is CCn1ccc(C(=O)N[C@H]2CC[C@H](Nc3nccc(-c4ccncc4)n3)C2)n1. The van der Waals surface area contributed by atoms with Crippen LogP contribution in [0.15, 0.2) is 49.1 Å². The molecule has 0 saturated heterocycles. The molecule has 144 valence electrons. The summed E-state index contributed by atoms with van der Waals surface area (Å²) in [5, 5.41) is 10.7. The van der Waals surface area contributed by atoms with E-state index in [1.54, 1.807) is 29.3 Å². The van der Waals surface area contributed by atoms with Crippen molar-refractivity contribution < 1.29 is 4.79 Å². The molecule has 0 radical (unpaired) electrons. The summed E-state index contributed by atoms with van der Waals surface area (Å²) in [4.78, 5) is 25.3. The molecule has 4 rings (SSSR count). The predicted octanol–water partition coefficient (Wildman–Crippen LogP) is 2.52. The summed E-state index contributed by atoms with van der Waals surface area (Å²) in [6.45, 7) is 2.74. The first-order chi connectivity index (χ1) is 13.7.